The van der Waals surface area contributed by atoms with Crippen LogP contribution in [-0.2, 0) is 10.2 Å². The lowest BCUT2D eigenvalue weighted by Crippen LogP contribution is -2.24. The standard InChI is InChI=1S/C23H24N2O4/c1-23(2,3)18-11-16(10-17(12-18)22(24)28)21(25-6-8-29-9-7-25)20-13-19(27)5-4-15(20)14-26/h4-14,21,27H,1-3H3,(H2,24,28). The van der Waals surface area contributed by atoms with Crippen molar-refractivity contribution in [1.29, 1.82) is 0 Å². The van der Waals surface area contributed by atoms with Crippen molar-refractivity contribution in [3.8, 4) is 5.75 Å². The zero-order valence-electron chi connectivity index (χ0n) is 16.6. The molecule has 0 fully saturated rings. The van der Waals surface area contributed by atoms with E-state index in [0.29, 0.717) is 16.7 Å². The molecule has 0 saturated carbocycles. The molecule has 0 aromatic heterocycles. The fourth-order valence-corrected chi connectivity index (χ4v) is 3.28. The number of ether oxygens (including phenoxy) is 1. The van der Waals surface area contributed by atoms with Crippen molar-refractivity contribution in [1.82, 2.24) is 4.90 Å². The first-order valence-corrected chi connectivity index (χ1v) is 9.20. The number of nitrogens with two attached hydrogens (primary N) is 1. The molecule has 6 heteroatoms. The van der Waals surface area contributed by atoms with Crippen LogP contribution < -0.4 is 5.73 Å². The largest absolute Gasteiger partial charge is 0.508 e. The third-order valence-electron chi connectivity index (χ3n) is 4.83. The van der Waals surface area contributed by atoms with Crippen molar-refractivity contribution in [3.05, 3.63) is 89.1 Å². The van der Waals surface area contributed by atoms with Gasteiger partial charge in [-0.15, -0.1) is 0 Å². The molecular formula is C23H24N2O4. The molecule has 0 saturated heterocycles. The minimum atomic E-state index is -0.532. The molecule has 0 aliphatic carbocycles. The van der Waals surface area contributed by atoms with E-state index in [-0.39, 0.29) is 11.2 Å². The molecule has 0 radical (unpaired) electrons. The zero-order valence-corrected chi connectivity index (χ0v) is 16.6. The van der Waals surface area contributed by atoms with Gasteiger partial charge in [-0.05, 0) is 52.4 Å². The molecule has 3 N–H and O–H groups in total. The molecule has 0 bridgehead atoms. The topological polar surface area (TPSA) is 92.9 Å². The van der Waals surface area contributed by atoms with E-state index in [4.69, 9.17) is 10.5 Å². The van der Waals surface area contributed by atoms with Crippen molar-refractivity contribution in [2.75, 3.05) is 0 Å². The summed E-state index contributed by atoms with van der Waals surface area (Å²) in [5.41, 5.74) is 8.47. The number of amides is 1. The molecule has 1 amide bonds. The maximum atomic E-state index is 12.0. The molecule has 1 heterocycles. The number of aromatic hydroxyl groups is 1. The summed E-state index contributed by atoms with van der Waals surface area (Å²) in [5, 5.41) is 10.1. The Morgan fingerprint density at radius 1 is 1.14 bits per heavy atom. The van der Waals surface area contributed by atoms with Gasteiger partial charge in [0.15, 0.2) is 0 Å². The van der Waals surface area contributed by atoms with E-state index in [9.17, 15) is 14.7 Å². The number of primary amides is 1. The maximum absolute atomic E-state index is 12.0. The normalized spacial score (nSPS) is 14.4. The Bertz CT molecular complexity index is 990. The summed E-state index contributed by atoms with van der Waals surface area (Å²) in [6.45, 7) is 6.14. The van der Waals surface area contributed by atoms with Crippen LogP contribution in [0.4, 0.5) is 0 Å². The van der Waals surface area contributed by atoms with Crippen LogP contribution in [-0.4, -0.2) is 22.2 Å². The zero-order chi connectivity index (χ0) is 21.2. The molecule has 29 heavy (non-hydrogen) atoms. The van der Waals surface area contributed by atoms with Crippen LogP contribution in [0, 0.1) is 0 Å². The van der Waals surface area contributed by atoms with Gasteiger partial charge in [0.05, 0.1) is 6.04 Å². The average molecular weight is 392 g/mol. The first-order chi connectivity index (χ1) is 13.7. The number of carbonyl (C=O) groups excluding carboxylic acids is 2. The van der Waals surface area contributed by atoms with Crippen LogP contribution in [0.25, 0.3) is 0 Å². The maximum Gasteiger partial charge on any atom is 0.248 e. The Hall–Kier alpha value is -3.54. The highest BCUT2D eigenvalue weighted by molar-refractivity contribution is 5.93. The Kier molecular flexibility index (Phi) is 5.46. The number of benzene rings is 2. The van der Waals surface area contributed by atoms with Crippen molar-refractivity contribution in [3.63, 3.8) is 0 Å². The number of phenols is 1. The summed E-state index contributed by atoms with van der Waals surface area (Å²) in [6, 6.07) is 9.61. The first kappa shape index (κ1) is 20.2. The number of phenolic OH excluding ortho intramolecular Hbond substituents is 1. The van der Waals surface area contributed by atoms with E-state index in [1.54, 1.807) is 36.7 Å². The van der Waals surface area contributed by atoms with Crippen LogP contribution >= 0.6 is 0 Å². The number of rotatable bonds is 5. The summed E-state index contributed by atoms with van der Waals surface area (Å²) in [7, 11) is 0. The van der Waals surface area contributed by atoms with E-state index < -0.39 is 11.9 Å². The van der Waals surface area contributed by atoms with Gasteiger partial charge in [-0.3, -0.25) is 9.59 Å². The Balaban J connectivity index is 2.29. The van der Waals surface area contributed by atoms with Crippen LogP contribution in [0.15, 0.2) is 61.3 Å². The van der Waals surface area contributed by atoms with E-state index in [1.165, 1.54) is 18.6 Å². The molecular weight excluding hydrogens is 368 g/mol. The summed E-state index contributed by atoms with van der Waals surface area (Å²) < 4.78 is 5.15. The fourth-order valence-electron chi connectivity index (χ4n) is 3.28. The Labute approximate surface area is 169 Å². The van der Waals surface area contributed by atoms with E-state index in [1.807, 2.05) is 31.7 Å². The monoisotopic (exact) mass is 392 g/mol. The average Bonchev–Trinajstić information content (AvgIpc) is 2.68. The quantitative estimate of drug-likeness (QED) is 0.751. The van der Waals surface area contributed by atoms with Crippen molar-refractivity contribution in [2.24, 2.45) is 5.73 Å². The minimum Gasteiger partial charge on any atom is -0.508 e. The molecule has 1 unspecified atom stereocenters. The summed E-state index contributed by atoms with van der Waals surface area (Å²) >= 11 is 0. The first-order valence-electron chi connectivity index (χ1n) is 9.20. The third kappa shape index (κ3) is 4.32. The highest BCUT2D eigenvalue weighted by atomic mass is 16.5. The SMILES string of the molecule is CC(C)(C)c1cc(C(N)=O)cc(C(c2cc(O)ccc2C=O)N2C=COC=C2)c1. The molecule has 2 aromatic rings. The van der Waals surface area contributed by atoms with Crippen LogP contribution in [0.5, 0.6) is 5.75 Å². The van der Waals surface area contributed by atoms with Crippen LogP contribution in [0.1, 0.15) is 64.2 Å². The van der Waals surface area contributed by atoms with Gasteiger partial charge in [-0.25, -0.2) is 0 Å². The van der Waals surface area contributed by atoms with Gasteiger partial charge in [-0.2, -0.15) is 0 Å². The molecule has 1 atom stereocenters. The number of hydrogen-bond acceptors (Lipinski definition) is 5. The lowest BCUT2D eigenvalue weighted by molar-refractivity contribution is 0.0999. The van der Waals surface area contributed by atoms with Crippen LogP contribution in [0.3, 0.4) is 0 Å². The molecule has 0 spiro atoms. The van der Waals surface area contributed by atoms with Gasteiger partial charge in [0.25, 0.3) is 0 Å². The molecule has 2 aromatic carbocycles. The summed E-state index contributed by atoms with van der Waals surface area (Å²) in [4.78, 5) is 25.6. The Morgan fingerprint density at radius 2 is 1.83 bits per heavy atom. The predicted molar refractivity (Wildman–Crippen MR) is 110 cm³/mol. The predicted octanol–water partition coefficient (Wildman–Crippen LogP) is 3.97. The Morgan fingerprint density at radius 3 is 2.41 bits per heavy atom. The molecule has 6 nitrogen and oxygen atoms in total. The minimum absolute atomic E-state index is 0.0407. The van der Waals surface area contributed by atoms with Crippen molar-refractivity contribution >= 4 is 12.2 Å². The lowest BCUT2D eigenvalue weighted by Gasteiger charge is -2.32. The van der Waals surface area contributed by atoms with Gasteiger partial charge in [0.1, 0.15) is 24.6 Å². The van der Waals surface area contributed by atoms with Gasteiger partial charge >= 0.3 is 0 Å². The number of nitrogens with zero attached hydrogens (tertiary/aromatic N) is 1. The number of aldehydes is 1. The second kappa shape index (κ2) is 7.83. The molecule has 1 aliphatic rings. The smallest absolute Gasteiger partial charge is 0.248 e. The molecule has 150 valence electrons. The second-order valence-electron chi connectivity index (χ2n) is 7.95. The summed E-state index contributed by atoms with van der Waals surface area (Å²) in [6.07, 6.45) is 7.21. The second-order valence-corrected chi connectivity index (χ2v) is 7.95. The highest BCUT2D eigenvalue weighted by Gasteiger charge is 2.26. The lowest BCUT2D eigenvalue weighted by atomic mass is 9.82. The summed E-state index contributed by atoms with van der Waals surface area (Å²) in [5.74, 6) is -0.491. The van der Waals surface area contributed by atoms with Gasteiger partial charge < -0.3 is 20.5 Å². The van der Waals surface area contributed by atoms with E-state index in [0.717, 1.165) is 17.4 Å². The van der Waals surface area contributed by atoms with Crippen LogP contribution in [0.2, 0.25) is 0 Å². The van der Waals surface area contributed by atoms with E-state index in [2.05, 4.69) is 0 Å². The van der Waals surface area contributed by atoms with Gasteiger partial charge in [0.2, 0.25) is 5.91 Å². The van der Waals surface area contributed by atoms with Crippen molar-refractivity contribution < 1.29 is 19.4 Å². The third-order valence-corrected chi connectivity index (χ3v) is 4.83. The fraction of sp³-hybridized carbons (Fsp3) is 0.217. The van der Waals surface area contributed by atoms with Crippen molar-refractivity contribution in [2.45, 2.75) is 32.2 Å². The molecule has 1 aliphatic heterocycles. The van der Waals surface area contributed by atoms with Gasteiger partial charge in [-0.1, -0.05) is 26.8 Å². The molecule has 3 rings (SSSR count). The highest BCUT2D eigenvalue weighted by Crippen LogP contribution is 2.36. The number of hydrogen-bond donors (Lipinski definition) is 2. The van der Waals surface area contributed by atoms with Gasteiger partial charge in [0, 0.05) is 23.5 Å². The number of carbonyl (C=O) groups is 2. The van der Waals surface area contributed by atoms with E-state index >= 15 is 0 Å².